The summed E-state index contributed by atoms with van der Waals surface area (Å²) in [7, 11) is 1.19. The summed E-state index contributed by atoms with van der Waals surface area (Å²) in [6, 6.07) is 6.52. The first-order valence-corrected chi connectivity index (χ1v) is 14.8. The molecular formula is C32H46N6O9. The SMILES string of the molecule is C=C(NC(=O)[C@@H](NC(=O)CNC(=O)OC(C)(C)C)C(C)C)C(=O)NCC(=O)N/C(=C\c1ccccc1)C(=O)N[C@H](C(=O)OC)C(C)C. The number of alkyl carbamates (subject to hydrolysis) is 1. The van der Waals surface area contributed by atoms with E-state index in [2.05, 4.69) is 38.5 Å². The summed E-state index contributed by atoms with van der Waals surface area (Å²) < 4.78 is 9.83. The van der Waals surface area contributed by atoms with Crippen LogP contribution in [0.3, 0.4) is 0 Å². The van der Waals surface area contributed by atoms with Gasteiger partial charge in [0.05, 0.1) is 19.4 Å². The predicted molar refractivity (Wildman–Crippen MR) is 173 cm³/mol. The number of hydrogen-bond acceptors (Lipinski definition) is 9. The van der Waals surface area contributed by atoms with Crippen LogP contribution in [0.1, 0.15) is 54.0 Å². The van der Waals surface area contributed by atoms with Crippen molar-refractivity contribution in [1.82, 2.24) is 31.9 Å². The molecule has 0 heterocycles. The molecule has 1 aromatic rings. The van der Waals surface area contributed by atoms with Crippen molar-refractivity contribution < 1.29 is 43.0 Å². The molecule has 47 heavy (non-hydrogen) atoms. The summed E-state index contributed by atoms with van der Waals surface area (Å²) >= 11 is 0. The molecule has 0 aromatic heterocycles. The molecule has 0 radical (unpaired) electrons. The lowest BCUT2D eigenvalue weighted by atomic mass is 10.0. The van der Waals surface area contributed by atoms with E-state index in [4.69, 9.17) is 9.47 Å². The fraction of sp³-hybridized carbons (Fsp3) is 0.469. The second-order valence-corrected chi connectivity index (χ2v) is 12.0. The topological polar surface area (TPSA) is 210 Å². The molecule has 258 valence electrons. The average molecular weight is 659 g/mol. The predicted octanol–water partition coefficient (Wildman–Crippen LogP) is 0.869. The van der Waals surface area contributed by atoms with Crippen LogP contribution < -0.4 is 31.9 Å². The van der Waals surface area contributed by atoms with Crippen LogP contribution >= 0.6 is 0 Å². The minimum atomic E-state index is -1.10. The summed E-state index contributed by atoms with van der Waals surface area (Å²) in [6.45, 7) is 14.2. The molecule has 0 aliphatic carbocycles. The Morgan fingerprint density at radius 1 is 0.787 bits per heavy atom. The molecule has 0 unspecified atom stereocenters. The summed E-state index contributed by atoms with van der Waals surface area (Å²) in [5.41, 5.74) is -0.801. The molecule has 0 saturated carbocycles. The van der Waals surface area contributed by atoms with E-state index in [1.165, 1.54) is 13.2 Å². The van der Waals surface area contributed by atoms with Crippen molar-refractivity contribution in [2.24, 2.45) is 11.8 Å². The minimum Gasteiger partial charge on any atom is -0.467 e. The minimum absolute atomic E-state index is 0.200. The lowest BCUT2D eigenvalue weighted by Gasteiger charge is -2.23. The van der Waals surface area contributed by atoms with Crippen LogP contribution in [0.2, 0.25) is 0 Å². The number of carbonyl (C=O) groups excluding carboxylic acids is 7. The third-order valence-electron chi connectivity index (χ3n) is 6.05. The van der Waals surface area contributed by atoms with Gasteiger partial charge in [0.25, 0.3) is 11.8 Å². The number of rotatable bonds is 15. The van der Waals surface area contributed by atoms with E-state index in [1.807, 2.05) is 0 Å². The molecule has 0 spiro atoms. The molecule has 0 aliphatic rings. The molecule has 6 amide bonds. The number of carbonyl (C=O) groups is 7. The smallest absolute Gasteiger partial charge is 0.408 e. The molecular weight excluding hydrogens is 612 g/mol. The average Bonchev–Trinajstić information content (AvgIpc) is 2.98. The Morgan fingerprint density at radius 2 is 1.36 bits per heavy atom. The normalized spacial score (nSPS) is 12.6. The van der Waals surface area contributed by atoms with E-state index >= 15 is 0 Å². The molecule has 15 nitrogen and oxygen atoms in total. The van der Waals surface area contributed by atoms with Gasteiger partial charge in [-0.3, -0.25) is 24.0 Å². The maximum atomic E-state index is 13.1. The number of benzene rings is 1. The van der Waals surface area contributed by atoms with Crippen molar-refractivity contribution in [3.8, 4) is 0 Å². The summed E-state index contributed by atoms with van der Waals surface area (Å²) in [5, 5.41) is 14.3. The fourth-order valence-corrected chi connectivity index (χ4v) is 3.69. The number of amides is 6. The molecule has 6 N–H and O–H groups in total. The van der Waals surface area contributed by atoms with Crippen molar-refractivity contribution in [2.75, 3.05) is 20.2 Å². The van der Waals surface area contributed by atoms with Gasteiger partial charge in [0.2, 0.25) is 17.7 Å². The Kier molecular flexibility index (Phi) is 15.8. The molecule has 0 fully saturated rings. The van der Waals surface area contributed by atoms with Crippen LogP contribution in [0, 0.1) is 11.8 Å². The Morgan fingerprint density at radius 3 is 1.89 bits per heavy atom. The first kappa shape index (κ1) is 39.8. The molecule has 2 atom stereocenters. The number of hydrogen-bond donors (Lipinski definition) is 6. The maximum Gasteiger partial charge on any atom is 0.408 e. The highest BCUT2D eigenvalue weighted by molar-refractivity contribution is 6.04. The van der Waals surface area contributed by atoms with Crippen LogP contribution in [-0.4, -0.2) is 79.5 Å². The molecule has 0 bridgehead atoms. The van der Waals surface area contributed by atoms with Crippen molar-refractivity contribution in [2.45, 2.75) is 66.2 Å². The number of esters is 1. The van der Waals surface area contributed by atoms with Crippen LogP contribution in [0.15, 0.2) is 48.3 Å². The van der Waals surface area contributed by atoms with E-state index in [0.717, 1.165) is 0 Å². The zero-order chi connectivity index (χ0) is 35.9. The molecule has 15 heteroatoms. The first-order chi connectivity index (χ1) is 21.8. The second-order valence-electron chi connectivity index (χ2n) is 12.0. The van der Waals surface area contributed by atoms with Crippen LogP contribution in [0.25, 0.3) is 6.08 Å². The Balaban J connectivity index is 2.84. The third kappa shape index (κ3) is 15.1. The third-order valence-corrected chi connectivity index (χ3v) is 6.05. The van der Waals surface area contributed by atoms with Crippen LogP contribution in [0.4, 0.5) is 4.79 Å². The monoisotopic (exact) mass is 658 g/mol. The highest BCUT2D eigenvalue weighted by Crippen LogP contribution is 2.09. The summed E-state index contributed by atoms with van der Waals surface area (Å²) in [5.74, 6) is -5.30. The quantitative estimate of drug-likeness (QED) is 0.116. The van der Waals surface area contributed by atoms with E-state index in [0.29, 0.717) is 5.56 Å². The fourth-order valence-electron chi connectivity index (χ4n) is 3.69. The van der Waals surface area contributed by atoms with Gasteiger partial charge in [-0.1, -0.05) is 64.6 Å². The van der Waals surface area contributed by atoms with Crippen molar-refractivity contribution in [3.05, 3.63) is 53.9 Å². The Bertz CT molecular complexity index is 1350. The van der Waals surface area contributed by atoms with Gasteiger partial charge in [-0.2, -0.15) is 0 Å². The summed E-state index contributed by atoms with van der Waals surface area (Å²) in [6.07, 6.45) is 0.586. The molecule has 1 rings (SSSR count). The second kappa shape index (κ2) is 18.7. The Hall–Kier alpha value is -5.21. The standard InChI is InChI=1S/C32H46N6O9/c1-18(2)25(37-24(40)17-34-31(45)47-32(6,7)8)29(43)35-20(5)27(41)33-16-23(39)36-22(15-21-13-11-10-12-14-21)28(42)38-26(19(3)4)30(44)46-9/h10-15,18-19,25-26H,5,16-17H2,1-4,6-9H3,(H,33,41)(H,34,45)(H,35,43)(H,36,39)(H,37,40)(H,38,42)/b22-15-/t25-,26-/m0/s1. The van der Waals surface area contributed by atoms with Gasteiger partial charge in [0.1, 0.15) is 29.9 Å². The number of methoxy groups -OCH3 is 1. The van der Waals surface area contributed by atoms with Crippen LogP contribution in [0.5, 0.6) is 0 Å². The van der Waals surface area contributed by atoms with E-state index in [-0.39, 0.29) is 11.6 Å². The number of nitrogens with one attached hydrogen (secondary N) is 6. The van der Waals surface area contributed by atoms with Crippen molar-refractivity contribution in [3.63, 3.8) is 0 Å². The van der Waals surface area contributed by atoms with Gasteiger partial charge in [-0.05, 0) is 44.2 Å². The highest BCUT2D eigenvalue weighted by atomic mass is 16.6. The zero-order valence-corrected chi connectivity index (χ0v) is 28.1. The zero-order valence-electron chi connectivity index (χ0n) is 28.1. The van der Waals surface area contributed by atoms with E-state index in [1.54, 1.807) is 78.8 Å². The van der Waals surface area contributed by atoms with E-state index < -0.39 is 84.0 Å². The lowest BCUT2D eigenvalue weighted by Crippen LogP contribution is -2.53. The van der Waals surface area contributed by atoms with Gasteiger partial charge < -0.3 is 41.4 Å². The van der Waals surface area contributed by atoms with Crippen LogP contribution in [-0.2, 0) is 38.2 Å². The van der Waals surface area contributed by atoms with Crippen molar-refractivity contribution >= 4 is 47.7 Å². The molecule has 0 saturated heterocycles. The maximum absolute atomic E-state index is 13.1. The van der Waals surface area contributed by atoms with Gasteiger partial charge in [-0.15, -0.1) is 0 Å². The van der Waals surface area contributed by atoms with E-state index in [9.17, 15) is 33.6 Å². The van der Waals surface area contributed by atoms with Gasteiger partial charge in [-0.25, -0.2) is 9.59 Å². The Labute approximate surface area is 274 Å². The van der Waals surface area contributed by atoms with Gasteiger partial charge in [0, 0.05) is 0 Å². The summed E-state index contributed by atoms with van der Waals surface area (Å²) in [4.78, 5) is 87.7. The largest absolute Gasteiger partial charge is 0.467 e. The first-order valence-electron chi connectivity index (χ1n) is 14.8. The van der Waals surface area contributed by atoms with Gasteiger partial charge >= 0.3 is 12.1 Å². The number of ether oxygens (including phenoxy) is 2. The lowest BCUT2D eigenvalue weighted by molar-refractivity contribution is -0.146. The van der Waals surface area contributed by atoms with Crippen molar-refractivity contribution in [1.29, 1.82) is 0 Å². The highest BCUT2D eigenvalue weighted by Gasteiger charge is 2.28. The van der Waals surface area contributed by atoms with Gasteiger partial charge in [0.15, 0.2) is 0 Å². The molecule has 1 aromatic carbocycles. The molecule has 0 aliphatic heterocycles.